The van der Waals surface area contributed by atoms with Crippen molar-refractivity contribution in [1.29, 1.82) is 0 Å². The van der Waals surface area contributed by atoms with Gasteiger partial charge in [-0.1, -0.05) is 6.07 Å². The summed E-state index contributed by atoms with van der Waals surface area (Å²) in [5.74, 6) is -0.184. The normalized spacial score (nSPS) is 10.6. The van der Waals surface area contributed by atoms with Crippen LogP contribution in [-0.2, 0) is 0 Å². The van der Waals surface area contributed by atoms with Crippen molar-refractivity contribution in [2.24, 2.45) is 5.73 Å². The van der Waals surface area contributed by atoms with Crippen molar-refractivity contribution in [3.05, 3.63) is 53.8 Å². The fourth-order valence-electron chi connectivity index (χ4n) is 2.41. The quantitative estimate of drug-likeness (QED) is 0.800. The molecule has 3 heterocycles. The van der Waals surface area contributed by atoms with Gasteiger partial charge < -0.3 is 10.2 Å². The van der Waals surface area contributed by atoms with E-state index in [9.17, 15) is 4.79 Å². The molecule has 0 saturated carbocycles. The number of pyridine rings is 2. The summed E-state index contributed by atoms with van der Waals surface area (Å²) in [6, 6.07) is 5.31. The van der Waals surface area contributed by atoms with Gasteiger partial charge in [0.1, 0.15) is 12.0 Å². The number of hydrogen-bond donors (Lipinski definition) is 1. The number of carbonyl (C=O) groups is 1. The Morgan fingerprint density at radius 2 is 2.00 bits per heavy atom. The minimum atomic E-state index is -0.531. The lowest BCUT2D eigenvalue weighted by atomic mass is 9.96. The van der Waals surface area contributed by atoms with Gasteiger partial charge in [0.05, 0.1) is 11.8 Å². The number of carbonyl (C=O) groups excluding carboxylic acids is 1. The first-order valence-corrected chi connectivity index (χ1v) is 6.71. The second-order valence-electron chi connectivity index (χ2n) is 4.85. The van der Waals surface area contributed by atoms with Crippen LogP contribution in [0.1, 0.15) is 21.7 Å². The van der Waals surface area contributed by atoms with E-state index < -0.39 is 5.91 Å². The Bertz CT molecular complexity index is 841. The first-order chi connectivity index (χ1) is 10.6. The van der Waals surface area contributed by atoms with E-state index in [0.717, 1.165) is 11.3 Å². The van der Waals surface area contributed by atoms with E-state index in [0.29, 0.717) is 28.4 Å². The van der Waals surface area contributed by atoms with Gasteiger partial charge in [-0.3, -0.25) is 9.78 Å². The summed E-state index contributed by atoms with van der Waals surface area (Å²) in [5.41, 5.74) is 9.39. The topological polar surface area (TPSA) is 94.9 Å². The van der Waals surface area contributed by atoms with Gasteiger partial charge in [0.25, 0.3) is 0 Å². The molecule has 3 rings (SSSR count). The van der Waals surface area contributed by atoms with Crippen LogP contribution in [0.5, 0.6) is 0 Å². The molecule has 0 unspecified atom stereocenters. The summed E-state index contributed by atoms with van der Waals surface area (Å²) in [4.78, 5) is 24.7. The van der Waals surface area contributed by atoms with Gasteiger partial charge in [-0.05, 0) is 26.0 Å². The Labute approximate surface area is 127 Å². The van der Waals surface area contributed by atoms with E-state index in [4.69, 9.17) is 10.2 Å². The number of primary amides is 1. The molecule has 2 N–H and O–H groups in total. The van der Waals surface area contributed by atoms with Crippen LogP contribution in [0.2, 0.25) is 0 Å². The van der Waals surface area contributed by atoms with Crippen LogP contribution < -0.4 is 5.73 Å². The second-order valence-corrected chi connectivity index (χ2v) is 4.85. The molecule has 0 aromatic carbocycles. The van der Waals surface area contributed by atoms with Gasteiger partial charge in [-0.2, -0.15) is 0 Å². The third-order valence-electron chi connectivity index (χ3n) is 3.39. The monoisotopic (exact) mass is 294 g/mol. The highest BCUT2D eigenvalue weighted by molar-refractivity contribution is 6.01. The number of hydrogen-bond acceptors (Lipinski definition) is 5. The number of nitrogens with two attached hydrogens (primary N) is 1. The zero-order chi connectivity index (χ0) is 15.7. The molecule has 0 aliphatic carbocycles. The molecular formula is C16H14N4O2. The predicted molar refractivity (Wildman–Crippen MR) is 81.0 cm³/mol. The summed E-state index contributed by atoms with van der Waals surface area (Å²) in [6.07, 6.45) is 4.68. The molecule has 0 saturated heterocycles. The van der Waals surface area contributed by atoms with Gasteiger partial charge in [-0.25, -0.2) is 9.97 Å². The fourth-order valence-corrected chi connectivity index (χ4v) is 2.41. The van der Waals surface area contributed by atoms with E-state index in [-0.39, 0.29) is 0 Å². The summed E-state index contributed by atoms with van der Waals surface area (Å²) in [7, 11) is 0. The highest BCUT2D eigenvalue weighted by Gasteiger charge is 2.19. The zero-order valence-corrected chi connectivity index (χ0v) is 12.2. The van der Waals surface area contributed by atoms with Gasteiger partial charge in [-0.15, -0.1) is 0 Å². The summed E-state index contributed by atoms with van der Waals surface area (Å²) < 4.78 is 5.24. The SMILES string of the molecule is Cc1ncccc1-c1c(C(N)=O)cc(-c2ncco2)nc1C. The highest BCUT2D eigenvalue weighted by Crippen LogP contribution is 2.31. The summed E-state index contributed by atoms with van der Waals surface area (Å²) >= 11 is 0. The fraction of sp³-hybridized carbons (Fsp3) is 0.125. The van der Waals surface area contributed by atoms with E-state index in [1.807, 2.05) is 26.0 Å². The van der Waals surface area contributed by atoms with Crippen molar-refractivity contribution >= 4 is 5.91 Å². The zero-order valence-electron chi connectivity index (χ0n) is 12.2. The average Bonchev–Trinajstić information content (AvgIpc) is 3.01. The largest absolute Gasteiger partial charge is 0.443 e. The van der Waals surface area contributed by atoms with Crippen molar-refractivity contribution in [2.75, 3.05) is 0 Å². The lowest BCUT2D eigenvalue weighted by Crippen LogP contribution is -2.14. The Morgan fingerprint density at radius 3 is 2.64 bits per heavy atom. The van der Waals surface area contributed by atoms with Crippen LogP contribution in [0.4, 0.5) is 0 Å². The van der Waals surface area contributed by atoms with Gasteiger partial charge >= 0.3 is 0 Å². The molecule has 0 spiro atoms. The van der Waals surface area contributed by atoms with Crippen molar-refractivity contribution < 1.29 is 9.21 Å². The standard InChI is InChI=1S/C16H14N4O2/c1-9-11(4-3-5-18-9)14-10(2)20-13(8-12(14)15(17)21)16-19-6-7-22-16/h3-8H,1-2H3,(H2,17,21). The van der Waals surface area contributed by atoms with E-state index in [1.54, 1.807) is 12.3 Å². The lowest BCUT2D eigenvalue weighted by Gasteiger charge is -2.13. The maximum atomic E-state index is 11.9. The molecule has 0 fully saturated rings. The molecule has 0 bridgehead atoms. The van der Waals surface area contributed by atoms with E-state index in [2.05, 4.69) is 15.0 Å². The van der Waals surface area contributed by atoms with Crippen molar-refractivity contribution in [2.45, 2.75) is 13.8 Å². The Hall–Kier alpha value is -3.02. The number of amides is 1. The number of aromatic nitrogens is 3. The number of oxazole rings is 1. The lowest BCUT2D eigenvalue weighted by molar-refractivity contribution is 0.100. The molecule has 22 heavy (non-hydrogen) atoms. The smallest absolute Gasteiger partial charge is 0.249 e. The van der Waals surface area contributed by atoms with E-state index >= 15 is 0 Å². The Kier molecular flexibility index (Phi) is 3.42. The average molecular weight is 294 g/mol. The maximum Gasteiger partial charge on any atom is 0.249 e. The molecule has 3 aromatic heterocycles. The van der Waals surface area contributed by atoms with Gasteiger partial charge in [0.2, 0.25) is 11.8 Å². The predicted octanol–water partition coefficient (Wildman–Crippen LogP) is 2.51. The Balaban J connectivity index is 2.27. The molecule has 0 aliphatic rings. The number of nitrogens with zero attached hydrogens (tertiary/aromatic N) is 3. The van der Waals surface area contributed by atoms with Crippen molar-refractivity contribution in [3.63, 3.8) is 0 Å². The third-order valence-corrected chi connectivity index (χ3v) is 3.39. The molecule has 6 nitrogen and oxygen atoms in total. The molecule has 0 atom stereocenters. The van der Waals surface area contributed by atoms with E-state index in [1.165, 1.54) is 12.5 Å². The first-order valence-electron chi connectivity index (χ1n) is 6.71. The second kappa shape index (κ2) is 5.40. The van der Waals surface area contributed by atoms with Crippen LogP contribution in [-0.4, -0.2) is 20.9 Å². The van der Waals surface area contributed by atoms with Crippen molar-refractivity contribution in [1.82, 2.24) is 15.0 Å². The third kappa shape index (κ3) is 2.35. The highest BCUT2D eigenvalue weighted by atomic mass is 16.3. The van der Waals surface area contributed by atoms with Crippen LogP contribution in [0.3, 0.4) is 0 Å². The first kappa shape index (κ1) is 13.9. The Morgan fingerprint density at radius 1 is 1.18 bits per heavy atom. The van der Waals surface area contributed by atoms with Gasteiger partial charge in [0.15, 0.2) is 0 Å². The van der Waals surface area contributed by atoms with Crippen LogP contribution >= 0.6 is 0 Å². The molecule has 3 aromatic rings. The molecule has 110 valence electrons. The molecule has 0 radical (unpaired) electrons. The van der Waals surface area contributed by atoms with Gasteiger partial charge in [0, 0.05) is 28.7 Å². The minimum Gasteiger partial charge on any atom is -0.443 e. The summed E-state index contributed by atoms with van der Waals surface area (Å²) in [5, 5.41) is 0. The van der Waals surface area contributed by atoms with Crippen molar-refractivity contribution in [3.8, 4) is 22.7 Å². The molecule has 6 heteroatoms. The molecule has 0 aliphatic heterocycles. The summed E-state index contributed by atoms with van der Waals surface area (Å²) in [6.45, 7) is 3.70. The number of aryl methyl sites for hydroxylation is 2. The minimum absolute atomic E-state index is 0.347. The molecular weight excluding hydrogens is 280 g/mol. The molecule has 1 amide bonds. The van der Waals surface area contributed by atoms with Crippen LogP contribution in [0.25, 0.3) is 22.7 Å². The van der Waals surface area contributed by atoms with Crippen LogP contribution in [0, 0.1) is 13.8 Å². The maximum absolute atomic E-state index is 11.9. The van der Waals surface area contributed by atoms with Crippen LogP contribution in [0.15, 0.2) is 41.3 Å². The number of rotatable bonds is 3.